The van der Waals surface area contributed by atoms with Crippen molar-refractivity contribution in [3.63, 3.8) is 0 Å². The second kappa shape index (κ2) is 7.98. The molecule has 1 aromatic carbocycles. The lowest BCUT2D eigenvalue weighted by Gasteiger charge is -2.25. The van der Waals surface area contributed by atoms with Crippen molar-refractivity contribution in [3.05, 3.63) is 59.4 Å². The molecular weight excluding hydrogens is 357 g/mol. The molecule has 0 radical (unpaired) electrons. The van der Waals surface area contributed by atoms with E-state index < -0.39 is 12.8 Å². The Labute approximate surface area is 155 Å². The molecule has 1 heterocycles. The zero-order valence-electron chi connectivity index (χ0n) is 14.9. The third-order valence-electron chi connectivity index (χ3n) is 4.68. The van der Waals surface area contributed by atoms with Crippen LogP contribution in [0.15, 0.2) is 42.6 Å². The Kier molecular flexibility index (Phi) is 5.68. The van der Waals surface area contributed by atoms with Crippen LogP contribution < -0.4 is 10.1 Å². The molecule has 2 atom stereocenters. The first-order chi connectivity index (χ1) is 12.8. The van der Waals surface area contributed by atoms with Crippen LogP contribution in [0.25, 0.3) is 0 Å². The number of benzene rings is 1. The van der Waals surface area contributed by atoms with Gasteiger partial charge in [0.25, 0.3) is 0 Å². The van der Waals surface area contributed by atoms with Gasteiger partial charge in [0.15, 0.2) is 6.61 Å². The number of nitrogens with zero attached hydrogens (tertiary/aromatic N) is 1. The fraction of sp³-hybridized carbons (Fsp3) is 0.400. The van der Waals surface area contributed by atoms with Gasteiger partial charge in [0.1, 0.15) is 5.75 Å². The summed E-state index contributed by atoms with van der Waals surface area (Å²) in [6, 6.07) is 10.8. The highest BCUT2D eigenvalue weighted by molar-refractivity contribution is 5.79. The van der Waals surface area contributed by atoms with Crippen molar-refractivity contribution in [2.45, 2.75) is 38.4 Å². The first-order valence-corrected chi connectivity index (χ1v) is 8.84. The highest BCUT2D eigenvalue weighted by Gasteiger charge is 2.28. The van der Waals surface area contributed by atoms with E-state index in [0.29, 0.717) is 12.1 Å². The zero-order valence-corrected chi connectivity index (χ0v) is 14.9. The molecule has 0 bridgehead atoms. The van der Waals surface area contributed by atoms with Crippen LogP contribution in [-0.2, 0) is 17.6 Å². The molecule has 1 N–H and O–H groups in total. The van der Waals surface area contributed by atoms with Crippen LogP contribution in [0.5, 0.6) is 5.75 Å². The number of amides is 1. The molecule has 0 saturated carbocycles. The summed E-state index contributed by atoms with van der Waals surface area (Å²) in [6.45, 7) is 0.441. The number of nitrogens with one attached hydrogen (secondary N) is 1. The van der Waals surface area contributed by atoms with Gasteiger partial charge in [-0.15, -0.1) is 0 Å². The van der Waals surface area contributed by atoms with Gasteiger partial charge in [-0.05, 0) is 49.4 Å². The largest absolute Gasteiger partial charge is 0.483 e. The molecule has 7 heteroatoms. The number of hydrogen-bond donors (Lipinski definition) is 1. The molecule has 0 spiro atoms. The van der Waals surface area contributed by atoms with Crippen LogP contribution in [0.2, 0.25) is 0 Å². The highest BCUT2D eigenvalue weighted by Crippen LogP contribution is 2.26. The number of hydrogen-bond acceptors (Lipinski definition) is 3. The maximum atomic E-state index is 12.6. The van der Waals surface area contributed by atoms with Crippen molar-refractivity contribution in [2.75, 3.05) is 6.61 Å². The van der Waals surface area contributed by atoms with Gasteiger partial charge in [-0.1, -0.05) is 24.3 Å². The highest BCUT2D eigenvalue weighted by atomic mass is 19.4. The van der Waals surface area contributed by atoms with E-state index >= 15 is 0 Å². The fourth-order valence-corrected chi connectivity index (χ4v) is 3.23. The molecular formula is C20H21F3N2O2. The van der Waals surface area contributed by atoms with Crippen LogP contribution in [0.3, 0.4) is 0 Å². The third-order valence-corrected chi connectivity index (χ3v) is 4.68. The SMILES string of the molecule is C[C@@H](NC(=O)C1CCc2ccccc2C1)c1ccc(OCC(F)(F)F)cn1. The van der Waals surface area contributed by atoms with Crippen molar-refractivity contribution in [1.29, 1.82) is 0 Å². The van der Waals surface area contributed by atoms with E-state index in [1.165, 1.54) is 23.4 Å². The van der Waals surface area contributed by atoms with Crippen molar-refractivity contribution in [2.24, 2.45) is 5.92 Å². The minimum absolute atomic E-state index is 0.0313. The van der Waals surface area contributed by atoms with Gasteiger partial charge in [0.2, 0.25) is 5.91 Å². The standard InChI is InChI=1S/C20H21F3N2O2/c1-13(18-9-8-17(11-24-18)27-12-20(21,22)23)25-19(26)16-7-6-14-4-2-3-5-15(14)10-16/h2-5,8-9,11,13,16H,6-7,10,12H2,1H3,(H,25,26)/t13-,16?/m1/s1. The number of rotatable bonds is 5. The molecule has 0 saturated heterocycles. The van der Waals surface area contributed by atoms with Crippen molar-refractivity contribution in [1.82, 2.24) is 10.3 Å². The van der Waals surface area contributed by atoms with Crippen LogP contribution in [0.1, 0.15) is 36.2 Å². The Morgan fingerprint density at radius 2 is 2.00 bits per heavy atom. The van der Waals surface area contributed by atoms with Gasteiger partial charge in [0.05, 0.1) is 17.9 Å². The van der Waals surface area contributed by atoms with E-state index in [0.717, 1.165) is 12.8 Å². The number of halogens is 3. The van der Waals surface area contributed by atoms with Gasteiger partial charge in [-0.25, -0.2) is 0 Å². The maximum absolute atomic E-state index is 12.6. The zero-order chi connectivity index (χ0) is 19.4. The van der Waals surface area contributed by atoms with Gasteiger partial charge in [-0.2, -0.15) is 13.2 Å². The molecule has 0 aliphatic heterocycles. The summed E-state index contributed by atoms with van der Waals surface area (Å²) in [7, 11) is 0. The van der Waals surface area contributed by atoms with E-state index in [2.05, 4.69) is 27.2 Å². The van der Waals surface area contributed by atoms with Crippen molar-refractivity contribution in [3.8, 4) is 5.75 Å². The minimum Gasteiger partial charge on any atom is -0.483 e. The topological polar surface area (TPSA) is 51.2 Å². The Morgan fingerprint density at radius 1 is 1.26 bits per heavy atom. The Bertz CT molecular complexity index is 791. The first-order valence-electron chi connectivity index (χ1n) is 8.84. The minimum atomic E-state index is -4.39. The normalized spacial score (nSPS) is 17.7. The lowest BCUT2D eigenvalue weighted by molar-refractivity contribution is -0.153. The quantitative estimate of drug-likeness (QED) is 0.856. The van der Waals surface area contributed by atoms with E-state index in [1.807, 2.05) is 12.1 Å². The van der Waals surface area contributed by atoms with Crippen LogP contribution in [0, 0.1) is 5.92 Å². The summed E-state index contributed by atoms with van der Waals surface area (Å²) in [6.07, 6.45) is -0.759. The van der Waals surface area contributed by atoms with Gasteiger partial charge >= 0.3 is 6.18 Å². The summed E-state index contributed by atoms with van der Waals surface area (Å²) >= 11 is 0. The Balaban J connectivity index is 1.55. The molecule has 1 aromatic heterocycles. The number of carbonyl (C=O) groups is 1. The number of ether oxygens (including phenoxy) is 1. The molecule has 27 heavy (non-hydrogen) atoms. The van der Waals surface area contributed by atoms with Crippen LogP contribution in [0.4, 0.5) is 13.2 Å². The van der Waals surface area contributed by atoms with Crippen molar-refractivity contribution < 1.29 is 22.7 Å². The molecule has 3 rings (SSSR count). The maximum Gasteiger partial charge on any atom is 0.422 e. The smallest absolute Gasteiger partial charge is 0.422 e. The summed E-state index contributed by atoms with van der Waals surface area (Å²) in [5.41, 5.74) is 3.07. The average Bonchev–Trinajstić information content (AvgIpc) is 2.65. The molecule has 1 amide bonds. The molecule has 2 aromatic rings. The summed E-state index contributed by atoms with van der Waals surface area (Å²) < 4.78 is 41.1. The number of fused-ring (bicyclic) bond motifs is 1. The summed E-state index contributed by atoms with van der Waals surface area (Å²) in [5.74, 6) is -0.0774. The number of aryl methyl sites for hydroxylation is 1. The lowest BCUT2D eigenvalue weighted by Crippen LogP contribution is -2.35. The first kappa shape index (κ1) is 19.2. The second-order valence-corrected chi connectivity index (χ2v) is 6.76. The van der Waals surface area contributed by atoms with Crippen LogP contribution in [-0.4, -0.2) is 23.7 Å². The number of pyridine rings is 1. The van der Waals surface area contributed by atoms with E-state index in [1.54, 1.807) is 13.0 Å². The second-order valence-electron chi connectivity index (χ2n) is 6.76. The molecule has 4 nitrogen and oxygen atoms in total. The summed E-state index contributed by atoms with van der Waals surface area (Å²) in [5, 5.41) is 2.95. The molecule has 1 aliphatic carbocycles. The van der Waals surface area contributed by atoms with Crippen molar-refractivity contribution >= 4 is 5.91 Å². The van der Waals surface area contributed by atoms with Gasteiger partial charge < -0.3 is 10.1 Å². The number of carbonyl (C=O) groups excluding carboxylic acids is 1. The van der Waals surface area contributed by atoms with E-state index in [9.17, 15) is 18.0 Å². The number of aromatic nitrogens is 1. The molecule has 0 fully saturated rings. The Morgan fingerprint density at radius 3 is 2.67 bits per heavy atom. The predicted molar refractivity (Wildman–Crippen MR) is 94.3 cm³/mol. The van der Waals surface area contributed by atoms with Crippen LogP contribution >= 0.6 is 0 Å². The summed E-state index contributed by atoms with van der Waals surface area (Å²) in [4.78, 5) is 16.7. The van der Waals surface area contributed by atoms with Gasteiger partial charge in [0, 0.05) is 5.92 Å². The number of alkyl halides is 3. The van der Waals surface area contributed by atoms with E-state index in [4.69, 9.17) is 0 Å². The fourth-order valence-electron chi connectivity index (χ4n) is 3.23. The third kappa shape index (κ3) is 5.21. The van der Waals surface area contributed by atoms with E-state index in [-0.39, 0.29) is 23.6 Å². The molecule has 1 unspecified atom stereocenters. The average molecular weight is 378 g/mol. The monoisotopic (exact) mass is 378 g/mol. The lowest BCUT2D eigenvalue weighted by atomic mass is 9.83. The predicted octanol–water partition coefficient (Wildman–Crippen LogP) is 4.01. The van der Waals surface area contributed by atoms with Gasteiger partial charge in [-0.3, -0.25) is 9.78 Å². The molecule has 1 aliphatic rings. The molecule has 144 valence electrons. The Hall–Kier alpha value is -2.57.